The number of halogens is 1. The van der Waals surface area contributed by atoms with Crippen molar-refractivity contribution in [2.45, 2.75) is 31.3 Å². The maximum absolute atomic E-state index is 13.4. The molecular formula is C20H22FN9O. The van der Waals surface area contributed by atoms with E-state index in [0.717, 1.165) is 25.3 Å². The molecule has 3 aromatic heterocycles. The first-order valence-electron chi connectivity index (χ1n) is 9.85. The monoisotopic (exact) mass is 423 g/mol. The standard InChI is InChI=1S/C20H22FN9O/c21-17-11-14(1-7-24-17)26-19-16(18(23)31)13-30(28-19)20(3-6-22)4-9-29(10-5-20)12-15-2-8-25-27-15/h1-2,7-8,11,13H,3-5,9-10,12H2,(H2,23,31)(H,25,27)(H,24,26,28). The van der Waals surface area contributed by atoms with Crippen molar-refractivity contribution in [3.05, 3.63) is 54.0 Å². The number of carbonyl (C=O) groups excluding carboxylic acids is 1. The predicted molar refractivity (Wildman–Crippen MR) is 110 cm³/mol. The highest BCUT2D eigenvalue weighted by molar-refractivity contribution is 5.98. The molecule has 1 saturated heterocycles. The zero-order valence-corrected chi connectivity index (χ0v) is 16.8. The van der Waals surface area contributed by atoms with E-state index in [-0.39, 0.29) is 17.8 Å². The molecule has 1 fully saturated rings. The van der Waals surface area contributed by atoms with Crippen molar-refractivity contribution >= 4 is 17.4 Å². The number of H-pyrrole nitrogens is 1. The summed E-state index contributed by atoms with van der Waals surface area (Å²) < 4.78 is 15.1. The minimum absolute atomic E-state index is 0.175. The van der Waals surface area contributed by atoms with Gasteiger partial charge in [0.05, 0.1) is 18.0 Å². The largest absolute Gasteiger partial charge is 0.365 e. The van der Waals surface area contributed by atoms with E-state index in [9.17, 15) is 14.4 Å². The number of nitrogens with zero attached hydrogens (tertiary/aromatic N) is 6. The van der Waals surface area contributed by atoms with Crippen LogP contribution in [-0.4, -0.2) is 48.9 Å². The molecule has 0 spiro atoms. The van der Waals surface area contributed by atoms with Crippen molar-refractivity contribution in [3.63, 3.8) is 0 Å². The number of primary amides is 1. The van der Waals surface area contributed by atoms with E-state index in [2.05, 4.69) is 36.6 Å². The van der Waals surface area contributed by atoms with Gasteiger partial charge < -0.3 is 11.1 Å². The number of hydrogen-bond donors (Lipinski definition) is 3. The van der Waals surface area contributed by atoms with Crippen molar-refractivity contribution in [3.8, 4) is 6.07 Å². The van der Waals surface area contributed by atoms with Gasteiger partial charge in [0, 0.05) is 55.7 Å². The lowest BCUT2D eigenvalue weighted by Crippen LogP contribution is -2.46. The Morgan fingerprint density at radius 2 is 2.16 bits per heavy atom. The number of aromatic nitrogens is 5. The van der Waals surface area contributed by atoms with Crippen LogP contribution in [0, 0.1) is 17.3 Å². The molecule has 0 aliphatic carbocycles. The lowest BCUT2D eigenvalue weighted by atomic mass is 9.85. The zero-order valence-electron chi connectivity index (χ0n) is 16.8. The van der Waals surface area contributed by atoms with Crippen LogP contribution in [-0.2, 0) is 12.1 Å². The summed E-state index contributed by atoms with van der Waals surface area (Å²) in [6.45, 7) is 2.25. The molecule has 0 bridgehead atoms. The van der Waals surface area contributed by atoms with Crippen LogP contribution >= 0.6 is 0 Å². The first kappa shape index (κ1) is 20.5. The fourth-order valence-electron chi connectivity index (χ4n) is 3.88. The maximum atomic E-state index is 13.4. The summed E-state index contributed by atoms with van der Waals surface area (Å²) in [5, 5.41) is 23.9. The zero-order chi connectivity index (χ0) is 21.8. The molecular weight excluding hydrogens is 401 g/mol. The Bertz CT molecular complexity index is 1090. The van der Waals surface area contributed by atoms with E-state index in [4.69, 9.17) is 5.73 Å². The summed E-state index contributed by atoms with van der Waals surface area (Å²) >= 11 is 0. The van der Waals surface area contributed by atoms with Crippen molar-refractivity contribution in [2.75, 3.05) is 18.4 Å². The Hall–Kier alpha value is -3.78. The quantitative estimate of drug-likeness (QED) is 0.493. The summed E-state index contributed by atoms with van der Waals surface area (Å²) in [5.74, 6) is -1.10. The summed E-state index contributed by atoms with van der Waals surface area (Å²) in [6, 6.07) is 6.96. The number of nitrogens with one attached hydrogen (secondary N) is 2. The highest BCUT2D eigenvalue weighted by Crippen LogP contribution is 2.35. The van der Waals surface area contributed by atoms with Gasteiger partial charge in [0.25, 0.3) is 5.91 Å². The molecule has 1 amide bonds. The Morgan fingerprint density at radius 3 is 2.81 bits per heavy atom. The Kier molecular flexibility index (Phi) is 5.64. The Morgan fingerprint density at radius 1 is 1.35 bits per heavy atom. The molecule has 31 heavy (non-hydrogen) atoms. The number of rotatable bonds is 7. The lowest BCUT2D eigenvalue weighted by molar-refractivity contribution is 0.0960. The van der Waals surface area contributed by atoms with Crippen molar-refractivity contribution < 1.29 is 9.18 Å². The fraction of sp³-hybridized carbons (Fsp3) is 0.350. The molecule has 1 aliphatic rings. The molecule has 0 aromatic carbocycles. The highest BCUT2D eigenvalue weighted by atomic mass is 19.1. The predicted octanol–water partition coefficient (Wildman–Crippen LogP) is 1.89. The van der Waals surface area contributed by atoms with E-state index in [1.54, 1.807) is 23.1 Å². The van der Waals surface area contributed by atoms with Crippen LogP contribution in [0.2, 0.25) is 0 Å². The first-order valence-corrected chi connectivity index (χ1v) is 9.85. The molecule has 0 radical (unpaired) electrons. The minimum atomic E-state index is -0.660. The number of anilines is 2. The average Bonchev–Trinajstić information content (AvgIpc) is 3.40. The van der Waals surface area contributed by atoms with E-state index in [0.29, 0.717) is 18.5 Å². The van der Waals surface area contributed by atoms with Gasteiger partial charge in [0.1, 0.15) is 5.56 Å². The number of pyridine rings is 1. The van der Waals surface area contributed by atoms with Crippen LogP contribution in [0.3, 0.4) is 0 Å². The molecule has 3 aromatic rings. The third kappa shape index (κ3) is 4.39. The topological polar surface area (TPSA) is 142 Å². The Labute approximate surface area is 177 Å². The van der Waals surface area contributed by atoms with Crippen LogP contribution in [0.5, 0.6) is 0 Å². The van der Waals surface area contributed by atoms with Gasteiger partial charge in [0.2, 0.25) is 5.95 Å². The summed E-state index contributed by atoms with van der Waals surface area (Å²) in [6.07, 6.45) is 6.21. The number of carbonyl (C=O) groups is 1. The number of amides is 1. The molecule has 4 rings (SSSR count). The molecule has 0 atom stereocenters. The second-order valence-corrected chi connectivity index (χ2v) is 7.61. The molecule has 10 nitrogen and oxygen atoms in total. The van der Waals surface area contributed by atoms with Crippen molar-refractivity contribution in [1.29, 1.82) is 5.26 Å². The van der Waals surface area contributed by atoms with Gasteiger partial charge in [-0.1, -0.05) is 0 Å². The second-order valence-electron chi connectivity index (χ2n) is 7.61. The maximum Gasteiger partial charge on any atom is 0.254 e. The number of nitrogens with two attached hydrogens (primary N) is 1. The third-order valence-corrected chi connectivity index (χ3v) is 5.60. The molecule has 160 valence electrons. The van der Waals surface area contributed by atoms with Gasteiger partial charge in [-0.25, -0.2) is 4.98 Å². The summed E-state index contributed by atoms with van der Waals surface area (Å²) in [7, 11) is 0. The summed E-state index contributed by atoms with van der Waals surface area (Å²) in [4.78, 5) is 17.8. The summed E-state index contributed by atoms with van der Waals surface area (Å²) in [5.41, 5.74) is 6.59. The molecule has 4 N–H and O–H groups in total. The van der Waals surface area contributed by atoms with Gasteiger partial charge in [-0.3, -0.25) is 19.5 Å². The van der Waals surface area contributed by atoms with Gasteiger partial charge in [-0.15, -0.1) is 0 Å². The van der Waals surface area contributed by atoms with Crippen LogP contribution in [0.4, 0.5) is 15.9 Å². The molecule has 0 saturated carbocycles. The van der Waals surface area contributed by atoms with E-state index >= 15 is 0 Å². The molecule has 0 unspecified atom stereocenters. The number of piperidine rings is 1. The lowest BCUT2D eigenvalue weighted by Gasteiger charge is -2.40. The molecule has 11 heteroatoms. The van der Waals surface area contributed by atoms with Crippen LogP contribution in [0.1, 0.15) is 35.3 Å². The van der Waals surface area contributed by atoms with Gasteiger partial charge in [0.15, 0.2) is 5.82 Å². The normalized spacial score (nSPS) is 16.0. The molecule has 4 heterocycles. The van der Waals surface area contributed by atoms with Gasteiger partial charge in [-0.2, -0.15) is 19.8 Å². The number of aromatic amines is 1. The van der Waals surface area contributed by atoms with E-state index < -0.39 is 17.4 Å². The number of likely N-dealkylation sites (tertiary alicyclic amines) is 1. The smallest absolute Gasteiger partial charge is 0.254 e. The van der Waals surface area contributed by atoms with Crippen molar-refractivity contribution in [1.82, 2.24) is 29.9 Å². The second kappa shape index (κ2) is 8.53. The van der Waals surface area contributed by atoms with E-state index in [1.165, 1.54) is 12.3 Å². The van der Waals surface area contributed by atoms with E-state index in [1.807, 2.05) is 6.07 Å². The molecule has 1 aliphatic heterocycles. The van der Waals surface area contributed by atoms with Gasteiger partial charge in [-0.05, 0) is 25.0 Å². The van der Waals surface area contributed by atoms with Crippen LogP contribution in [0.15, 0.2) is 36.8 Å². The highest BCUT2D eigenvalue weighted by Gasteiger charge is 2.38. The third-order valence-electron chi connectivity index (χ3n) is 5.60. The van der Waals surface area contributed by atoms with Crippen LogP contribution in [0.25, 0.3) is 0 Å². The van der Waals surface area contributed by atoms with Crippen molar-refractivity contribution in [2.24, 2.45) is 5.73 Å². The average molecular weight is 423 g/mol. The number of hydrogen-bond acceptors (Lipinski definition) is 7. The first-order chi connectivity index (χ1) is 15.0. The Balaban J connectivity index is 1.58. The fourth-order valence-corrected chi connectivity index (χ4v) is 3.88. The minimum Gasteiger partial charge on any atom is -0.365 e. The SMILES string of the molecule is N#CCC1(n2cc(C(N)=O)c(Nc3ccnc(F)c3)n2)CCN(Cc2ccn[nH]2)CC1. The van der Waals surface area contributed by atoms with Crippen LogP contribution < -0.4 is 11.1 Å². The van der Waals surface area contributed by atoms with Gasteiger partial charge >= 0.3 is 0 Å². The number of nitriles is 1.